The van der Waals surface area contributed by atoms with E-state index in [4.69, 9.17) is 16.2 Å². The Balaban J connectivity index is 1.68. The smallest absolute Gasteiger partial charge is 0.352 e. The van der Waals surface area contributed by atoms with Gasteiger partial charge in [0.2, 0.25) is 11.8 Å². The van der Waals surface area contributed by atoms with Crippen LogP contribution < -0.4 is 26.8 Å². The molecule has 202 valence electrons. The highest BCUT2D eigenvalue weighted by molar-refractivity contribution is 6.06. The molecular formula is C28H35N5O5. The van der Waals surface area contributed by atoms with Gasteiger partial charge in [-0.05, 0) is 43.2 Å². The topological polar surface area (TPSA) is 162 Å². The first-order valence-electron chi connectivity index (χ1n) is 12.7. The molecule has 38 heavy (non-hydrogen) atoms. The second kappa shape index (κ2) is 11.1. The molecule has 2 aromatic carbocycles. The molecule has 0 radical (unpaired) electrons. The Morgan fingerprint density at radius 2 is 1.87 bits per heavy atom. The number of methoxy groups -OCH3 is 1. The van der Waals surface area contributed by atoms with Crippen molar-refractivity contribution < 1.29 is 24.2 Å². The average Bonchev–Trinajstić information content (AvgIpc) is 3.23. The summed E-state index contributed by atoms with van der Waals surface area (Å²) in [6, 6.07) is 14.1. The first-order valence-corrected chi connectivity index (χ1v) is 12.7. The Morgan fingerprint density at radius 1 is 1.16 bits per heavy atom. The fourth-order valence-corrected chi connectivity index (χ4v) is 5.79. The molecular weight excluding hydrogens is 486 g/mol. The summed E-state index contributed by atoms with van der Waals surface area (Å²) in [6.45, 7) is 0.527. The summed E-state index contributed by atoms with van der Waals surface area (Å²) in [7, 11) is 3.24. The van der Waals surface area contributed by atoms with Crippen LogP contribution in [0.5, 0.6) is 5.75 Å². The lowest BCUT2D eigenvalue weighted by Crippen LogP contribution is -2.57. The number of aryl methyl sites for hydroxylation is 1. The summed E-state index contributed by atoms with van der Waals surface area (Å²) in [5.41, 5.74) is 12.4. The summed E-state index contributed by atoms with van der Waals surface area (Å²) in [5, 5.41) is 17.1. The van der Waals surface area contributed by atoms with E-state index in [2.05, 4.69) is 10.6 Å². The number of nitrogens with zero attached hydrogens (tertiary/aromatic N) is 1. The van der Waals surface area contributed by atoms with Crippen LogP contribution in [0.4, 0.5) is 5.69 Å². The molecule has 1 aliphatic rings. The van der Waals surface area contributed by atoms with Crippen molar-refractivity contribution in [3.63, 3.8) is 0 Å². The second-order valence-corrected chi connectivity index (χ2v) is 9.79. The van der Waals surface area contributed by atoms with Gasteiger partial charge in [0.25, 0.3) is 0 Å². The molecule has 10 nitrogen and oxygen atoms in total. The fraction of sp³-hybridized carbons (Fsp3) is 0.393. The van der Waals surface area contributed by atoms with E-state index >= 15 is 0 Å². The highest BCUT2D eigenvalue weighted by Gasteiger charge is 2.54. The Hall–Kier alpha value is -4.05. The summed E-state index contributed by atoms with van der Waals surface area (Å²) >= 11 is 0. The molecule has 1 unspecified atom stereocenters. The third-order valence-corrected chi connectivity index (χ3v) is 7.69. The SMILES string of the molecule is COc1ccc(NCC(CN)NC(=O)[C@@H]2CCCC[C@@]2(C(N)=O)c2c(C(=O)O)n(C)c3ccccc23)cc1. The van der Waals surface area contributed by atoms with Crippen molar-refractivity contribution in [1.29, 1.82) is 0 Å². The van der Waals surface area contributed by atoms with Gasteiger partial charge in [-0.3, -0.25) is 9.59 Å². The maximum atomic E-state index is 13.8. The standard InChI is InChI=1S/C28H35N5O5/c1-33-22-9-4-3-7-20(22)23(24(33)26(35)36)28(27(30)37)14-6-5-8-21(28)25(34)32-18(15-29)16-31-17-10-12-19(38-2)13-11-17/h3-4,7,9-13,18,21,31H,5-6,8,14-16,29H2,1-2H3,(H2,30,37)(H,32,34)(H,35,36)/t18?,21-,28-/m0/s1. The minimum atomic E-state index is -1.47. The highest BCUT2D eigenvalue weighted by Crippen LogP contribution is 2.48. The van der Waals surface area contributed by atoms with Crippen LogP contribution in [0, 0.1) is 5.92 Å². The number of primary amides is 1. The molecule has 1 heterocycles. The van der Waals surface area contributed by atoms with Gasteiger partial charge in [0.05, 0.1) is 24.5 Å². The van der Waals surface area contributed by atoms with Crippen molar-refractivity contribution in [1.82, 2.24) is 9.88 Å². The van der Waals surface area contributed by atoms with Gasteiger partial charge in [-0.25, -0.2) is 4.79 Å². The Morgan fingerprint density at radius 3 is 2.50 bits per heavy atom. The number of benzene rings is 2. The number of carboxylic acids is 1. The number of nitrogens with two attached hydrogens (primary N) is 2. The lowest BCUT2D eigenvalue weighted by molar-refractivity contribution is -0.137. The number of para-hydroxylation sites is 1. The van der Waals surface area contributed by atoms with E-state index in [0.717, 1.165) is 17.9 Å². The molecule has 3 aromatic rings. The van der Waals surface area contributed by atoms with Crippen LogP contribution >= 0.6 is 0 Å². The molecule has 0 spiro atoms. The second-order valence-electron chi connectivity index (χ2n) is 9.79. The van der Waals surface area contributed by atoms with Gasteiger partial charge in [-0.2, -0.15) is 0 Å². The predicted octanol–water partition coefficient (Wildman–Crippen LogP) is 2.35. The van der Waals surface area contributed by atoms with Gasteiger partial charge in [-0.15, -0.1) is 0 Å². The lowest BCUT2D eigenvalue weighted by Gasteiger charge is -2.42. The molecule has 0 saturated heterocycles. The average molecular weight is 522 g/mol. The summed E-state index contributed by atoms with van der Waals surface area (Å²) in [4.78, 5) is 39.6. The van der Waals surface area contributed by atoms with E-state index in [1.807, 2.05) is 24.3 Å². The van der Waals surface area contributed by atoms with Crippen LogP contribution in [0.2, 0.25) is 0 Å². The molecule has 4 rings (SSSR count). The zero-order valence-electron chi connectivity index (χ0n) is 21.7. The monoisotopic (exact) mass is 521 g/mol. The number of aromatic nitrogens is 1. The molecule has 1 fully saturated rings. The van der Waals surface area contributed by atoms with Crippen LogP contribution in [0.3, 0.4) is 0 Å². The summed E-state index contributed by atoms with van der Waals surface area (Å²) in [5.74, 6) is -2.34. The molecule has 1 aromatic heterocycles. The summed E-state index contributed by atoms with van der Waals surface area (Å²) < 4.78 is 6.74. The number of rotatable bonds is 10. The Kier molecular flexibility index (Phi) is 7.91. The van der Waals surface area contributed by atoms with Gasteiger partial charge in [0.1, 0.15) is 11.4 Å². The van der Waals surface area contributed by atoms with E-state index in [1.54, 1.807) is 43.0 Å². The molecule has 2 amide bonds. The Labute approximate surface area is 221 Å². The molecule has 0 aliphatic heterocycles. The van der Waals surface area contributed by atoms with Crippen molar-refractivity contribution in [2.24, 2.45) is 24.4 Å². The van der Waals surface area contributed by atoms with E-state index in [-0.39, 0.29) is 24.6 Å². The summed E-state index contributed by atoms with van der Waals surface area (Å²) in [6.07, 6.45) is 2.05. The first-order chi connectivity index (χ1) is 18.2. The molecule has 1 saturated carbocycles. The van der Waals surface area contributed by atoms with Crippen molar-refractivity contribution in [2.45, 2.75) is 37.1 Å². The molecule has 7 N–H and O–H groups in total. The number of carbonyl (C=O) groups excluding carboxylic acids is 2. The highest BCUT2D eigenvalue weighted by atomic mass is 16.5. The normalized spacial score (nSPS) is 20.0. The van der Waals surface area contributed by atoms with Crippen LogP contribution in [0.25, 0.3) is 10.9 Å². The van der Waals surface area contributed by atoms with Crippen molar-refractivity contribution in [2.75, 3.05) is 25.5 Å². The predicted molar refractivity (Wildman–Crippen MR) is 145 cm³/mol. The number of fused-ring (bicyclic) bond motifs is 1. The molecule has 1 aliphatic carbocycles. The number of carbonyl (C=O) groups is 3. The van der Waals surface area contributed by atoms with Crippen molar-refractivity contribution in [3.05, 3.63) is 59.8 Å². The maximum absolute atomic E-state index is 13.8. The number of aromatic carboxylic acids is 1. The number of ether oxygens (including phenoxy) is 1. The van der Waals surface area contributed by atoms with Crippen molar-refractivity contribution in [3.8, 4) is 5.75 Å². The van der Waals surface area contributed by atoms with Crippen LogP contribution in [-0.2, 0) is 22.1 Å². The van der Waals surface area contributed by atoms with E-state index in [9.17, 15) is 19.5 Å². The van der Waals surface area contributed by atoms with Gasteiger partial charge in [-0.1, -0.05) is 31.0 Å². The van der Waals surface area contributed by atoms with Crippen LogP contribution in [-0.4, -0.2) is 53.7 Å². The minimum Gasteiger partial charge on any atom is -0.497 e. The van der Waals surface area contributed by atoms with E-state index < -0.39 is 29.3 Å². The van der Waals surface area contributed by atoms with Gasteiger partial charge in [0, 0.05) is 42.3 Å². The largest absolute Gasteiger partial charge is 0.497 e. The number of anilines is 1. The zero-order valence-corrected chi connectivity index (χ0v) is 21.7. The lowest BCUT2D eigenvalue weighted by atomic mass is 9.60. The van der Waals surface area contributed by atoms with E-state index in [1.165, 1.54) is 0 Å². The zero-order chi connectivity index (χ0) is 27.4. The maximum Gasteiger partial charge on any atom is 0.352 e. The van der Waals surface area contributed by atoms with Crippen LogP contribution in [0.15, 0.2) is 48.5 Å². The minimum absolute atomic E-state index is 0.0266. The fourth-order valence-electron chi connectivity index (χ4n) is 5.79. The third kappa shape index (κ3) is 4.79. The van der Waals surface area contributed by atoms with Gasteiger partial charge in [0.15, 0.2) is 0 Å². The number of hydrogen-bond donors (Lipinski definition) is 5. The number of carboxylic acid groups (broad SMARTS) is 1. The van der Waals surface area contributed by atoms with Crippen LogP contribution in [0.1, 0.15) is 41.7 Å². The molecule has 3 atom stereocenters. The Bertz CT molecular complexity index is 1340. The first kappa shape index (κ1) is 27.0. The van der Waals surface area contributed by atoms with Crippen molar-refractivity contribution >= 4 is 34.4 Å². The van der Waals surface area contributed by atoms with Gasteiger partial charge < -0.3 is 36.5 Å². The molecule has 0 bridgehead atoms. The van der Waals surface area contributed by atoms with Gasteiger partial charge >= 0.3 is 5.97 Å². The quantitative estimate of drug-likeness (QED) is 0.273. The number of amides is 2. The van der Waals surface area contributed by atoms with E-state index in [0.29, 0.717) is 35.9 Å². The third-order valence-electron chi connectivity index (χ3n) is 7.69. The molecule has 10 heteroatoms. The number of hydrogen-bond acceptors (Lipinski definition) is 6. The number of nitrogens with one attached hydrogen (secondary N) is 2.